The Bertz CT molecular complexity index is 406. The summed E-state index contributed by atoms with van der Waals surface area (Å²) in [4.78, 5) is 20.0. The van der Waals surface area contributed by atoms with Crippen molar-refractivity contribution in [2.45, 2.75) is 19.9 Å². The van der Waals surface area contributed by atoms with Crippen molar-refractivity contribution < 1.29 is 4.79 Å². The second-order valence-corrected chi connectivity index (χ2v) is 4.76. The lowest BCUT2D eigenvalue weighted by Gasteiger charge is -2.22. The van der Waals surface area contributed by atoms with Crippen molar-refractivity contribution in [1.82, 2.24) is 14.8 Å². The molecule has 0 aliphatic heterocycles. The fourth-order valence-corrected chi connectivity index (χ4v) is 1.80. The van der Waals surface area contributed by atoms with Crippen LogP contribution in [0, 0.1) is 0 Å². The van der Waals surface area contributed by atoms with Crippen LogP contribution in [0.2, 0.25) is 0 Å². The number of carbonyl (C=O) groups is 1. The van der Waals surface area contributed by atoms with Gasteiger partial charge in [0.05, 0.1) is 12.2 Å². The second-order valence-electron chi connectivity index (χ2n) is 4.76. The molecule has 1 heterocycles. The maximum Gasteiger partial charge on any atom is 0.236 e. The second kappa shape index (κ2) is 7.74. The van der Waals surface area contributed by atoms with Gasteiger partial charge in [-0.25, -0.2) is 4.98 Å². The highest BCUT2D eigenvalue weighted by Crippen LogP contribution is 2.07. The zero-order valence-corrected chi connectivity index (χ0v) is 12.3. The van der Waals surface area contributed by atoms with Crippen molar-refractivity contribution in [2.24, 2.45) is 0 Å². The normalized spacial score (nSPS) is 10.6. The van der Waals surface area contributed by atoms with Gasteiger partial charge in [-0.3, -0.25) is 9.69 Å². The molecular formula is C14H24N4O. The Kier molecular flexibility index (Phi) is 6.29. The number of nitrogens with zero attached hydrogens (tertiary/aromatic N) is 3. The Morgan fingerprint density at radius 3 is 2.68 bits per heavy atom. The first kappa shape index (κ1) is 15.4. The summed E-state index contributed by atoms with van der Waals surface area (Å²) in [7, 11) is 5.42. The van der Waals surface area contributed by atoms with Gasteiger partial charge in [0.15, 0.2) is 0 Å². The van der Waals surface area contributed by atoms with Crippen molar-refractivity contribution >= 4 is 11.7 Å². The molecule has 0 bridgehead atoms. The molecular weight excluding hydrogens is 240 g/mol. The first-order valence-corrected chi connectivity index (χ1v) is 6.63. The predicted octanol–water partition coefficient (Wildman–Crippen LogP) is 1.42. The van der Waals surface area contributed by atoms with Gasteiger partial charge >= 0.3 is 0 Å². The molecule has 0 fully saturated rings. The number of pyridine rings is 1. The molecule has 0 spiro atoms. The van der Waals surface area contributed by atoms with Gasteiger partial charge in [0.2, 0.25) is 5.91 Å². The molecule has 1 amide bonds. The summed E-state index contributed by atoms with van der Waals surface area (Å²) in [6.45, 7) is 4.14. The van der Waals surface area contributed by atoms with Crippen LogP contribution in [0.3, 0.4) is 0 Å². The van der Waals surface area contributed by atoms with Crippen molar-refractivity contribution in [3.8, 4) is 0 Å². The van der Waals surface area contributed by atoms with E-state index in [-0.39, 0.29) is 5.91 Å². The molecule has 106 valence electrons. The number of nitrogens with one attached hydrogen (secondary N) is 1. The summed E-state index contributed by atoms with van der Waals surface area (Å²) in [5.41, 5.74) is 0.979. The molecule has 0 saturated carbocycles. The minimum absolute atomic E-state index is 0.123. The number of carbonyl (C=O) groups excluding carboxylic acids is 1. The molecule has 0 unspecified atom stereocenters. The largest absolute Gasteiger partial charge is 0.373 e. The fraction of sp³-hybridized carbons (Fsp3) is 0.571. The number of aromatic nitrogens is 1. The van der Waals surface area contributed by atoms with Gasteiger partial charge in [0.1, 0.15) is 5.82 Å². The Balaban J connectivity index is 2.68. The third-order valence-corrected chi connectivity index (χ3v) is 2.85. The average Bonchev–Trinajstić information content (AvgIpc) is 2.39. The van der Waals surface area contributed by atoms with Gasteiger partial charge in [-0.15, -0.1) is 0 Å². The van der Waals surface area contributed by atoms with Gasteiger partial charge in [-0.05, 0) is 25.1 Å². The summed E-state index contributed by atoms with van der Waals surface area (Å²) in [6, 6.07) is 5.90. The highest BCUT2D eigenvalue weighted by atomic mass is 16.2. The summed E-state index contributed by atoms with van der Waals surface area (Å²) in [5, 5.41) is 3.03. The minimum atomic E-state index is 0.123. The highest BCUT2D eigenvalue weighted by molar-refractivity contribution is 5.77. The maximum absolute atomic E-state index is 11.8. The Morgan fingerprint density at radius 1 is 1.37 bits per heavy atom. The maximum atomic E-state index is 11.8. The summed E-state index contributed by atoms with van der Waals surface area (Å²) < 4.78 is 0. The van der Waals surface area contributed by atoms with Crippen molar-refractivity contribution in [3.63, 3.8) is 0 Å². The molecule has 5 heteroatoms. The van der Waals surface area contributed by atoms with Crippen LogP contribution >= 0.6 is 0 Å². The first-order valence-electron chi connectivity index (χ1n) is 6.63. The van der Waals surface area contributed by atoms with Crippen LogP contribution in [0.4, 0.5) is 5.82 Å². The van der Waals surface area contributed by atoms with E-state index in [4.69, 9.17) is 0 Å². The van der Waals surface area contributed by atoms with Crippen LogP contribution in [0.15, 0.2) is 18.2 Å². The van der Waals surface area contributed by atoms with Gasteiger partial charge < -0.3 is 10.2 Å². The number of likely N-dealkylation sites (N-methyl/N-ethyl adjacent to an activating group) is 1. The lowest BCUT2D eigenvalue weighted by Crippen LogP contribution is -2.36. The molecule has 1 aromatic heterocycles. The summed E-state index contributed by atoms with van der Waals surface area (Å²) in [6.07, 6.45) is 1.02. The lowest BCUT2D eigenvalue weighted by atomic mass is 10.3. The molecule has 19 heavy (non-hydrogen) atoms. The van der Waals surface area contributed by atoms with Crippen LogP contribution in [-0.2, 0) is 11.3 Å². The van der Waals surface area contributed by atoms with Gasteiger partial charge in [-0.2, -0.15) is 0 Å². The zero-order valence-electron chi connectivity index (χ0n) is 12.3. The Labute approximate surface area is 115 Å². The molecule has 1 rings (SSSR count). The third kappa shape index (κ3) is 5.26. The van der Waals surface area contributed by atoms with E-state index in [0.717, 1.165) is 24.5 Å². The zero-order chi connectivity index (χ0) is 14.3. The van der Waals surface area contributed by atoms with Gasteiger partial charge in [0.25, 0.3) is 0 Å². The smallest absolute Gasteiger partial charge is 0.236 e. The minimum Gasteiger partial charge on any atom is -0.373 e. The van der Waals surface area contributed by atoms with Crippen molar-refractivity contribution in [2.75, 3.05) is 39.5 Å². The molecule has 0 aliphatic carbocycles. The summed E-state index contributed by atoms with van der Waals surface area (Å²) >= 11 is 0. The van der Waals surface area contributed by atoms with Crippen LogP contribution in [0.1, 0.15) is 19.0 Å². The topological polar surface area (TPSA) is 48.5 Å². The Hall–Kier alpha value is -1.62. The van der Waals surface area contributed by atoms with E-state index in [1.807, 2.05) is 25.2 Å². The van der Waals surface area contributed by atoms with Crippen LogP contribution in [0.25, 0.3) is 0 Å². The predicted molar refractivity (Wildman–Crippen MR) is 78.0 cm³/mol. The van der Waals surface area contributed by atoms with E-state index in [9.17, 15) is 4.79 Å². The van der Waals surface area contributed by atoms with E-state index in [0.29, 0.717) is 13.1 Å². The van der Waals surface area contributed by atoms with Gasteiger partial charge in [-0.1, -0.05) is 13.0 Å². The van der Waals surface area contributed by atoms with Crippen molar-refractivity contribution in [1.29, 1.82) is 0 Å². The first-order chi connectivity index (χ1) is 9.06. The lowest BCUT2D eigenvalue weighted by molar-refractivity contribution is -0.130. The molecule has 0 radical (unpaired) electrons. The average molecular weight is 264 g/mol. The fourth-order valence-electron chi connectivity index (χ4n) is 1.80. The molecule has 0 aliphatic rings. The molecule has 0 aromatic carbocycles. The van der Waals surface area contributed by atoms with Crippen LogP contribution in [0.5, 0.6) is 0 Å². The highest BCUT2D eigenvalue weighted by Gasteiger charge is 2.12. The van der Waals surface area contributed by atoms with E-state index < -0.39 is 0 Å². The SMILES string of the molecule is CCCN(CC(=O)N(C)C)Cc1cccc(NC)n1. The van der Waals surface area contributed by atoms with E-state index >= 15 is 0 Å². The summed E-state index contributed by atoms with van der Waals surface area (Å²) in [5.74, 6) is 0.978. The van der Waals surface area contributed by atoms with E-state index in [1.54, 1.807) is 19.0 Å². The quantitative estimate of drug-likeness (QED) is 0.809. The monoisotopic (exact) mass is 264 g/mol. The number of hydrogen-bond donors (Lipinski definition) is 1. The number of anilines is 1. The number of amides is 1. The van der Waals surface area contributed by atoms with E-state index in [2.05, 4.69) is 22.1 Å². The molecule has 0 saturated heterocycles. The molecule has 5 nitrogen and oxygen atoms in total. The van der Waals surface area contributed by atoms with Crippen LogP contribution in [-0.4, -0.2) is 54.9 Å². The molecule has 1 aromatic rings. The standard InChI is InChI=1S/C14H24N4O/c1-5-9-18(11-14(19)17(3)4)10-12-7-6-8-13(15-2)16-12/h6-8H,5,9-11H2,1-4H3,(H,15,16). The molecule has 0 atom stereocenters. The van der Waals surface area contributed by atoms with Gasteiger partial charge in [0, 0.05) is 27.7 Å². The third-order valence-electron chi connectivity index (χ3n) is 2.85. The van der Waals surface area contributed by atoms with Crippen molar-refractivity contribution in [3.05, 3.63) is 23.9 Å². The number of hydrogen-bond acceptors (Lipinski definition) is 4. The molecule has 1 N–H and O–H groups in total. The Morgan fingerprint density at radius 2 is 2.11 bits per heavy atom. The van der Waals surface area contributed by atoms with Crippen LogP contribution < -0.4 is 5.32 Å². The number of rotatable bonds is 7. The van der Waals surface area contributed by atoms with E-state index in [1.165, 1.54) is 0 Å².